The molecule has 3 heterocycles. The van der Waals surface area contributed by atoms with Gasteiger partial charge in [-0.25, -0.2) is 4.68 Å². The quantitative estimate of drug-likeness (QED) is 0.409. The molecule has 1 atom stereocenters. The van der Waals surface area contributed by atoms with Gasteiger partial charge in [0.15, 0.2) is 5.82 Å². The van der Waals surface area contributed by atoms with Gasteiger partial charge in [-0.1, -0.05) is 61.2 Å². The maximum absolute atomic E-state index is 13.7. The van der Waals surface area contributed by atoms with Gasteiger partial charge in [0, 0.05) is 38.3 Å². The molecule has 1 aliphatic carbocycles. The summed E-state index contributed by atoms with van der Waals surface area (Å²) >= 11 is 0. The first-order chi connectivity index (χ1) is 18.6. The minimum Gasteiger partial charge on any atom is -0.321 e. The van der Waals surface area contributed by atoms with Crippen molar-refractivity contribution < 1.29 is 0 Å². The molecule has 1 saturated carbocycles. The molecule has 1 N–H and O–H groups in total. The number of nitrogens with one attached hydrogen (secondary N) is 1. The topological polar surface area (TPSA) is 82.9 Å². The summed E-state index contributed by atoms with van der Waals surface area (Å²) in [6, 6.07) is 17.0. The molecule has 2 fully saturated rings. The fourth-order valence-electron chi connectivity index (χ4n) is 6.39. The second kappa shape index (κ2) is 10.8. The van der Waals surface area contributed by atoms with E-state index in [9.17, 15) is 4.79 Å². The lowest BCUT2D eigenvalue weighted by Crippen LogP contribution is -2.48. The van der Waals surface area contributed by atoms with Crippen LogP contribution in [0, 0.1) is 13.8 Å². The molecule has 0 bridgehead atoms. The van der Waals surface area contributed by atoms with Gasteiger partial charge in [0.05, 0.1) is 11.6 Å². The highest BCUT2D eigenvalue weighted by Crippen LogP contribution is 2.33. The Morgan fingerprint density at radius 3 is 2.50 bits per heavy atom. The normalized spacial score (nSPS) is 18.7. The van der Waals surface area contributed by atoms with Crippen molar-refractivity contribution in [2.45, 2.75) is 64.6 Å². The molecule has 8 nitrogen and oxygen atoms in total. The lowest BCUT2D eigenvalue weighted by Gasteiger charge is -2.39. The Kier molecular flexibility index (Phi) is 7.08. The molecule has 4 aromatic rings. The van der Waals surface area contributed by atoms with Crippen molar-refractivity contribution in [3.63, 3.8) is 0 Å². The van der Waals surface area contributed by atoms with E-state index in [0.29, 0.717) is 6.04 Å². The summed E-state index contributed by atoms with van der Waals surface area (Å²) in [6.07, 6.45) is 5.83. The van der Waals surface area contributed by atoms with Crippen LogP contribution >= 0.6 is 0 Å². The van der Waals surface area contributed by atoms with Crippen molar-refractivity contribution in [2.24, 2.45) is 0 Å². The standard InChI is InChI=1S/C30H37N7O/c1-21-17-22(2)27-24(18-21)19-26(30(38)31-27)28(29-32-33-34-37(29)25-11-7-4-8-12-25)36-15-13-35(14-16-36)20-23-9-5-3-6-10-23/h3,5-6,9-10,17-19,25,28H,4,7-8,11-16,20H2,1-2H3,(H,31,38)/t28-/m1/s1. The summed E-state index contributed by atoms with van der Waals surface area (Å²) in [5.41, 5.74) is 5.18. The van der Waals surface area contributed by atoms with Gasteiger partial charge in [-0.2, -0.15) is 0 Å². The van der Waals surface area contributed by atoms with Crippen LogP contribution in [0.25, 0.3) is 10.9 Å². The molecular formula is C30H37N7O. The van der Waals surface area contributed by atoms with E-state index in [1.807, 2.05) is 4.68 Å². The zero-order chi connectivity index (χ0) is 26.1. The third-order valence-electron chi connectivity index (χ3n) is 8.32. The van der Waals surface area contributed by atoms with Crippen molar-refractivity contribution in [2.75, 3.05) is 26.2 Å². The number of benzene rings is 2. The molecule has 0 unspecified atom stereocenters. The number of aryl methyl sites for hydroxylation is 2. The monoisotopic (exact) mass is 511 g/mol. The van der Waals surface area contributed by atoms with Crippen molar-refractivity contribution >= 4 is 10.9 Å². The Hall–Kier alpha value is -3.36. The number of aromatic nitrogens is 5. The second-order valence-corrected chi connectivity index (χ2v) is 11.1. The average Bonchev–Trinajstić information content (AvgIpc) is 3.41. The largest absolute Gasteiger partial charge is 0.321 e. The number of piperazine rings is 1. The Labute approximate surface area is 223 Å². The summed E-state index contributed by atoms with van der Waals surface area (Å²) in [4.78, 5) is 21.8. The van der Waals surface area contributed by atoms with Crippen LogP contribution in [0.1, 0.15) is 72.3 Å². The zero-order valence-electron chi connectivity index (χ0n) is 22.4. The molecule has 2 aromatic heterocycles. The first-order valence-corrected chi connectivity index (χ1v) is 14.0. The predicted molar refractivity (Wildman–Crippen MR) is 149 cm³/mol. The molecule has 0 spiro atoms. The van der Waals surface area contributed by atoms with Gasteiger partial charge in [0.2, 0.25) is 0 Å². The number of pyridine rings is 1. The number of hydrogen-bond acceptors (Lipinski definition) is 6. The molecular weight excluding hydrogens is 474 g/mol. The fraction of sp³-hybridized carbons (Fsp3) is 0.467. The van der Waals surface area contributed by atoms with Gasteiger partial charge in [0.25, 0.3) is 5.56 Å². The third kappa shape index (κ3) is 5.02. The van der Waals surface area contributed by atoms with Gasteiger partial charge in [-0.15, -0.1) is 5.10 Å². The number of H-pyrrole nitrogens is 1. The molecule has 1 saturated heterocycles. The first-order valence-electron chi connectivity index (χ1n) is 14.0. The molecule has 8 heteroatoms. The van der Waals surface area contributed by atoms with Crippen LogP contribution in [0.4, 0.5) is 0 Å². The average molecular weight is 512 g/mol. The highest BCUT2D eigenvalue weighted by Gasteiger charge is 2.34. The van der Waals surface area contributed by atoms with Crippen LogP contribution in [0.15, 0.2) is 53.3 Å². The van der Waals surface area contributed by atoms with Gasteiger partial charge in [-0.3, -0.25) is 14.6 Å². The van der Waals surface area contributed by atoms with Crippen molar-refractivity contribution in [3.8, 4) is 0 Å². The Morgan fingerprint density at radius 1 is 0.974 bits per heavy atom. The maximum Gasteiger partial charge on any atom is 0.253 e. The van der Waals surface area contributed by atoms with Gasteiger partial charge < -0.3 is 4.98 Å². The maximum atomic E-state index is 13.7. The molecule has 2 aromatic carbocycles. The number of rotatable bonds is 6. The fourth-order valence-corrected chi connectivity index (χ4v) is 6.39. The Bertz CT molecular complexity index is 1450. The van der Waals surface area contributed by atoms with Crippen LogP contribution in [-0.4, -0.2) is 61.2 Å². The summed E-state index contributed by atoms with van der Waals surface area (Å²) < 4.78 is 2.03. The molecule has 6 rings (SSSR count). The molecule has 0 radical (unpaired) electrons. The zero-order valence-corrected chi connectivity index (χ0v) is 22.4. The van der Waals surface area contributed by atoms with E-state index in [4.69, 9.17) is 0 Å². The predicted octanol–water partition coefficient (Wildman–Crippen LogP) is 4.54. The van der Waals surface area contributed by atoms with Crippen molar-refractivity contribution in [1.82, 2.24) is 35.0 Å². The van der Waals surface area contributed by atoms with E-state index in [-0.39, 0.29) is 11.6 Å². The van der Waals surface area contributed by atoms with Crippen LogP contribution in [0.3, 0.4) is 0 Å². The molecule has 1 aliphatic heterocycles. The van der Waals surface area contributed by atoms with Gasteiger partial charge in [-0.05, 0) is 65.8 Å². The minimum atomic E-state index is -0.292. The summed E-state index contributed by atoms with van der Waals surface area (Å²) in [5, 5.41) is 14.3. The Balaban J connectivity index is 1.37. The summed E-state index contributed by atoms with van der Waals surface area (Å²) in [5.74, 6) is 0.794. The van der Waals surface area contributed by atoms with E-state index >= 15 is 0 Å². The Morgan fingerprint density at radius 2 is 1.74 bits per heavy atom. The lowest BCUT2D eigenvalue weighted by atomic mass is 9.95. The molecule has 38 heavy (non-hydrogen) atoms. The minimum absolute atomic E-state index is 0.0561. The van der Waals surface area contributed by atoms with Crippen LogP contribution in [0.5, 0.6) is 0 Å². The highest BCUT2D eigenvalue weighted by atomic mass is 16.1. The number of aromatic amines is 1. The second-order valence-electron chi connectivity index (χ2n) is 11.1. The number of nitrogens with zero attached hydrogens (tertiary/aromatic N) is 6. The highest BCUT2D eigenvalue weighted by molar-refractivity contribution is 5.83. The summed E-state index contributed by atoms with van der Waals surface area (Å²) in [7, 11) is 0. The molecule has 0 amide bonds. The van der Waals surface area contributed by atoms with Crippen molar-refractivity contribution in [1.29, 1.82) is 0 Å². The van der Waals surface area contributed by atoms with Crippen LogP contribution in [0.2, 0.25) is 0 Å². The van der Waals surface area contributed by atoms with E-state index < -0.39 is 0 Å². The first kappa shape index (κ1) is 24.9. The van der Waals surface area contributed by atoms with Crippen molar-refractivity contribution in [3.05, 3.63) is 87.0 Å². The van der Waals surface area contributed by atoms with Crippen LogP contribution in [-0.2, 0) is 6.54 Å². The summed E-state index contributed by atoms with van der Waals surface area (Å²) in [6.45, 7) is 8.65. The van der Waals surface area contributed by atoms with Gasteiger partial charge >= 0.3 is 0 Å². The molecule has 198 valence electrons. The van der Waals surface area contributed by atoms with E-state index in [0.717, 1.165) is 73.4 Å². The van der Waals surface area contributed by atoms with E-state index in [1.165, 1.54) is 30.4 Å². The smallest absolute Gasteiger partial charge is 0.253 e. The lowest BCUT2D eigenvalue weighted by molar-refractivity contribution is 0.0982. The van der Waals surface area contributed by atoms with Crippen LogP contribution < -0.4 is 5.56 Å². The molecule has 2 aliphatic rings. The van der Waals surface area contributed by atoms with Gasteiger partial charge in [0.1, 0.15) is 6.04 Å². The van der Waals surface area contributed by atoms with E-state index in [1.54, 1.807) is 0 Å². The number of tetrazole rings is 1. The number of hydrogen-bond donors (Lipinski definition) is 1. The van der Waals surface area contributed by atoms with E-state index in [2.05, 4.69) is 92.7 Å². The number of fused-ring (bicyclic) bond motifs is 1. The third-order valence-corrected chi connectivity index (χ3v) is 8.32. The SMILES string of the molecule is Cc1cc(C)c2[nH]c(=O)c([C@H](c3nnnn3C3CCCCC3)N3CCN(Cc4ccccc4)CC3)cc2c1.